The first-order valence-electron chi connectivity index (χ1n) is 6.35. The Morgan fingerprint density at radius 3 is 2.86 bits per heavy atom. The smallest absolute Gasteiger partial charge is 0.228 e. The van der Waals surface area contributed by atoms with Crippen molar-refractivity contribution in [3.63, 3.8) is 0 Å². The molecule has 0 saturated heterocycles. The van der Waals surface area contributed by atoms with Crippen molar-refractivity contribution in [1.82, 2.24) is 24.6 Å². The number of thiazole rings is 1. The Labute approximate surface area is 131 Å². The Hall–Kier alpha value is -1.45. The van der Waals surface area contributed by atoms with Crippen molar-refractivity contribution in [3.8, 4) is 0 Å². The molecule has 0 saturated carbocycles. The summed E-state index contributed by atoms with van der Waals surface area (Å²) in [7, 11) is 5.39. The monoisotopic (exact) mass is 326 g/mol. The minimum absolute atomic E-state index is 0.0597. The lowest BCUT2D eigenvalue weighted by molar-refractivity contribution is -0.127. The molecule has 0 fully saturated rings. The number of thioether (sulfide) groups is 1. The van der Waals surface area contributed by atoms with Gasteiger partial charge in [0, 0.05) is 32.3 Å². The van der Waals surface area contributed by atoms with Crippen molar-refractivity contribution in [3.05, 3.63) is 21.9 Å². The molecule has 2 aromatic heterocycles. The van der Waals surface area contributed by atoms with E-state index in [2.05, 4.69) is 15.2 Å². The molecule has 0 radical (unpaired) electrons. The van der Waals surface area contributed by atoms with Crippen molar-refractivity contribution in [2.24, 2.45) is 12.8 Å². The lowest BCUT2D eigenvalue weighted by Gasteiger charge is -2.07. The third-order valence-corrected chi connectivity index (χ3v) is 4.81. The molecule has 0 aromatic carbocycles. The van der Waals surface area contributed by atoms with Gasteiger partial charge in [0.2, 0.25) is 5.91 Å². The van der Waals surface area contributed by atoms with E-state index in [0.717, 1.165) is 21.7 Å². The van der Waals surface area contributed by atoms with Crippen LogP contribution in [0, 0.1) is 0 Å². The van der Waals surface area contributed by atoms with Crippen LogP contribution in [0.4, 0.5) is 0 Å². The summed E-state index contributed by atoms with van der Waals surface area (Å²) in [6.45, 7) is 0.373. The molecule has 0 aliphatic carbocycles. The number of hydrogen-bond donors (Lipinski definition) is 1. The highest BCUT2D eigenvalue weighted by molar-refractivity contribution is 7.98. The maximum absolute atomic E-state index is 11.6. The minimum Gasteiger partial charge on any atom is -0.348 e. The molecule has 114 valence electrons. The number of rotatable bonds is 6. The number of amides is 1. The van der Waals surface area contributed by atoms with Crippen LogP contribution >= 0.6 is 23.1 Å². The summed E-state index contributed by atoms with van der Waals surface area (Å²) in [5.74, 6) is 1.51. The number of aromatic nitrogens is 4. The summed E-state index contributed by atoms with van der Waals surface area (Å²) in [5.41, 5.74) is 6.51. The molecule has 0 atom stereocenters. The molecule has 1 amide bonds. The number of nitrogens with two attached hydrogens (primary N) is 1. The third-order valence-electron chi connectivity index (χ3n) is 2.86. The van der Waals surface area contributed by atoms with Gasteiger partial charge < -0.3 is 15.2 Å². The van der Waals surface area contributed by atoms with Gasteiger partial charge in [0.1, 0.15) is 10.8 Å². The second-order valence-electron chi connectivity index (χ2n) is 4.65. The SMILES string of the molecule is CN(C)C(=O)Cc1nc(CSc2nnc(CN)n2C)cs1. The van der Waals surface area contributed by atoms with Gasteiger partial charge in [-0.2, -0.15) is 0 Å². The zero-order chi connectivity index (χ0) is 15.4. The molecule has 2 aromatic rings. The molecule has 0 bridgehead atoms. The van der Waals surface area contributed by atoms with Crippen molar-refractivity contribution in [1.29, 1.82) is 0 Å². The van der Waals surface area contributed by atoms with E-state index in [1.807, 2.05) is 17.0 Å². The van der Waals surface area contributed by atoms with Crippen LogP contribution in [0.1, 0.15) is 16.5 Å². The van der Waals surface area contributed by atoms with E-state index in [4.69, 9.17) is 5.73 Å². The first kappa shape index (κ1) is 15.9. The van der Waals surface area contributed by atoms with E-state index in [1.165, 1.54) is 11.3 Å². The van der Waals surface area contributed by atoms with Gasteiger partial charge in [0.25, 0.3) is 0 Å². The maximum Gasteiger partial charge on any atom is 0.228 e. The quantitative estimate of drug-likeness (QED) is 0.784. The Morgan fingerprint density at radius 1 is 1.48 bits per heavy atom. The zero-order valence-electron chi connectivity index (χ0n) is 12.2. The van der Waals surface area contributed by atoms with Crippen LogP contribution in [0.25, 0.3) is 0 Å². The number of carbonyl (C=O) groups is 1. The molecule has 0 spiro atoms. The van der Waals surface area contributed by atoms with E-state index in [-0.39, 0.29) is 5.91 Å². The molecule has 0 aliphatic rings. The fourth-order valence-electron chi connectivity index (χ4n) is 1.57. The predicted molar refractivity (Wildman–Crippen MR) is 83.0 cm³/mol. The van der Waals surface area contributed by atoms with Gasteiger partial charge in [0.15, 0.2) is 5.16 Å². The van der Waals surface area contributed by atoms with Gasteiger partial charge >= 0.3 is 0 Å². The van der Waals surface area contributed by atoms with Crippen LogP contribution in [0.5, 0.6) is 0 Å². The van der Waals surface area contributed by atoms with Gasteiger partial charge in [-0.25, -0.2) is 4.98 Å². The maximum atomic E-state index is 11.6. The average molecular weight is 326 g/mol. The van der Waals surface area contributed by atoms with Gasteiger partial charge in [-0.05, 0) is 0 Å². The topological polar surface area (TPSA) is 89.9 Å². The predicted octanol–water partition coefficient (Wildman–Crippen LogP) is 0.653. The summed E-state index contributed by atoms with van der Waals surface area (Å²) >= 11 is 3.07. The first-order valence-corrected chi connectivity index (χ1v) is 8.22. The lowest BCUT2D eigenvalue weighted by atomic mass is 10.4. The van der Waals surface area contributed by atoms with Crippen LogP contribution < -0.4 is 5.73 Å². The van der Waals surface area contributed by atoms with Gasteiger partial charge in [-0.3, -0.25) is 4.79 Å². The molecular formula is C12H18N6OS2. The Balaban J connectivity index is 1.93. The van der Waals surface area contributed by atoms with Crippen molar-refractivity contribution < 1.29 is 4.79 Å². The van der Waals surface area contributed by atoms with Crippen LogP contribution in [-0.4, -0.2) is 44.7 Å². The highest BCUT2D eigenvalue weighted by atomic mass is 32.2. The van der Waals surface area contributed by atoms with Crippen molar-refractivity contribution in [2.45, 2.75) is 23.9 Å². The van der Waals surface area contributed by atoms with Crippen LogP contribution in [0.15, 0.2) is 10.5 Å². The Kier molecular flexibility index (Phi) is 5.32. The van der Waals surface area contributed by atoms with E-state index < -0.39 is 0 Å². The zero-order valence-corrected chi connectivity index (χ0v) is 13.9. The number of carbonyl (C=O) groups excluding carboxylic acids is 1. The van der Waals surface area contributed by atoms with Crippen LogP contribution in [0.3, 0.4) is 0 Å². The molecule has 9 heteroatoms. The van der Waals surface area contributed by atoms with Gasteiger partial charge in [-0.1, -0.05) is 11.8 Å². The van der Waals surface area contributed by atoms with E-state index in [0.29, 0.717) is 18.7 Å². The fourth-order valence-corrected chi connectivity index (χ4v) is 3.28. The number of hydrogen-bond acceptors (Lipinski definition) is 7. The normalized spacial score (nSPS) is 10.9. The van der Waals surface area contributed by atoms with E-state index in [1.54, 1.807) is 30.8 Å². The highest BCUT2D eigenvalue weighted by Gasteiger charge is 2.12. The van der Waals surface area contributed by atoms with Gasteiger partial charge in [0.05, 0.1) is 18.7 Å². The Bertz CT molecular complexity index is 621. The van der Waals surface area contributed by atoms with E-state index in [9.17, 15) is 4.79 Å². The molecule has 2 heterocycles. The molecule has 21 heavy (non-hydrogen) atoms. The summed E-state index contributed by atoms with van der Waals surface area (Å²) in [6, 6.07) is 0. The average Bonchev–Trinajstić information content (AvgIpc) is 3.03. The van der Waals surface area contributed by atoms with Gasteiger partial charge in [-0.15, -0.1) is 21.5 Å². The highest BCUT2D eigenvalue weighted by Crippen LogP contribution is 2.22. The minimum atomic E-state index is 0.0597. The molecule has 7 nitrogen and oxygen atoms in total. The molecule has 2 rings (SSSR count). The number of likely N-dealkylation sites (N-methyl/N-ethyl adjacent to an activating group) is 1. The third kappa shape index (κ3) is 4.02. The first-order chi connectivity index (χ1) is 10.0. The molecule has 2 N–H and O–H groups in total. The number of nitrogens with zero attached hydrogens (tertiary/aromatic N) is 5. The second-order valence-corrected chi connectivity index (χ2v) is 6.53. The molecule has 0 unspecified atom stereocenters. The lowest BCUT2D eigenvalue weighted by Crippen LogP contribution is -2.23. The fraction of sp³-hybridized carbons (Fsp3) is 0.500. The van der Waals surface area contributed by atoms with Crippen LogP contribution in [-0.2, 0) is 30.6 Å². The second kappa shape index (κ2) is 7.01. The summed E-state index contributed by atoms with van der Waals surface area (Å²) in [6.07, 6.45) is 0.351. The summed E-state index contributed by atoms with van der Waals surface area (Å²) in [5, 5.41) is 11.7. The van der Waals surface area contributed by atoms with Crippen LogP contribution in [0.2, 0.25) is 0 Å². The van der Waals surface area contributed by atoms with E-state index >= 15 is 0 Å². The summed E-state index contributed by atoms with van der Waals surface area (Å²) < 4.78 is 1.88. The largest absolute Gasteiger partial charge is 0.348 e. The molecular weight excluding hydrogens is 308 g/mol. The van der Waals surface area contributed by atoms with Crippen molar-refractivity contribution >= 4 is 29.0 Å². The Morgan fingerprint density at radius 2 is 2.24 bits per heavy atom. The summed E-state index contributed by atoms with van der Waals surface area (Å²) in [4.78, 5) is 17.7. The van der Waals surface area contributed by atoms with Crippen molar-refractivity contribution in [2.75, 3.05) is 14.1 Å². The standard InChI is InChI=1S/C12H18N6OS2/c1-17(2)11(19)4-10-14-8(6-20-10)7-21-12-16-15-9(5-13)18(12)3/h6H,4-5,7,13H2,1-3H3. The molecule has 0 aliphatic heterocycles.